The predicted octanol–water partition coefficient (Wildman–Crippen LogP) is 5.65. The SMILES string of the molecule is CCCCC1=C2CC[C@@H]3[C@@H](CC[C@]4(C)C(=O)CC[C@@H]34)[C@@]2(C)CCC1=O. The van der Waals surface area contributed by atoms with Crippen molar-refractivity contribution in [2.45, 2.75) is 91.4 Å². The average molecular weight is 343 g/mol. The molecule has 0 aromatic carbocycles. The van der Waals surface area contributed by atoms with E-state index in [1.165, 1.54) is 24.0 Å². The van der Waals surface area contributed by atoms with Gasteiger partial charge >= 0.3 is 0 Å². The quantitative estimate of drug-likeness (QED) is 0.664. The van der Waals surface area contributed by atoms with Gasteiger partial charge in [-0.3, -0.25) is 9.59 Å². The topological polar surface area (TPSA) is 34.1 Å². The highest BCUT2D eigenvalue weighted by atomic mass is 16.1. The van der Waals surface area contributed by atoms with Crippen molar-refractivity contribution >= 4 is 11.6 Å². The summed E-state index contributed by atoms with van der Waals surface area (Å²) in [6.45, 7) is 6.94. The van der Waals surface area contributed by atoms with Crippen LogP contribution in [0.3, 0.4) is 0 Å². The Morgan fingerprint density at radius 3 is 2.44 bits per heavy atom. The molecule has 0 heterocycles. The molecule has 0 radical (unpaired) electrons. The Kier molecular flexibility index (Phi) is 4.24. The second-order valence-electron chi connectivity index (χ2n) is 9.73. The maximum atomic E-state index is 12.6. The third-order valence-electron chi connectivity index (χ3n) is 8.73. The lowest BCUT2D eigenvalue weighted by molar-refractivity contribution is -0.132. The van der Waals surface area contributed by atoms with Crippen LogP contribution < -0.4 is 0 Å². The summed E-state index contributed by atoms with van der Waals surface area (Å²) in [5.74, 6) is 2.99. The predicted molar refractivity (Wildman–Crippen MR) is 100 cm³/mol. The van der Waals surface area contributed by atoms with E-state index in [1.54, 1.807) is 0 Å². The van der Waals surface area contributed by atoms with E-state index in [9.17, 15) is 9.59 Å². The molecule has 0 aliphatic heterocycles. The van der Waals surface area contributed by atoms with Crippen LogP contribution in [0.4, 0.5) is 0 Å². The zero-order valence-corrected chi connectivity index (χ0v) is 16.3. The van der Waals surface area contributed by atoms with Gasteiger partial charge in [0.1, 0.15) is 5.78 Å². The Morgan fingerprint density at radius 2 is 1.68 bits per heavy atom. The minimum atomic E-state index is -0.0335. The summed E-state index contributed by atoms with van der Waals surface area (Å²) < 4.78 is 0. The van der Waals surface area contributed by atoms with Crippen LogP contribution in [0.5, 0.6) is 0 Å². The standard InChI is InChI=1S/C23H34O2/c1-4-5-6-16-18-8-7-15-17-9-10-21(25)23(17,3)13-11-19(15)22(18,2)14-12-20(16)24/h15,17,19H,4-14H2,1-3H3/t15-,17-,19+,22-,23-/m0/s1. The van der Waals surface area contributed by atoms with Crippen molar-refractivity contribution in [1.82, 2.24) is 0 Å². The molecule has 4 aliphatic carbocycles. The molecule has 0 spiro atoms. The van der Waals surface area contributed by atoms with E-state index in [2.05, 4.69) is 20.8 Å². The van der Waals surface area contributed by atoms with Gasteiger partial charge in [-0.1, -0.05) is 32.8 Å². The van der Waals surface area contributed by atoms with Crippen molar-refractivity contribution in [2.24, 2.45) is 28.6 Å². The fraction of sp³-hybridized carbons (Fsp3) is 0.826. The summed E-state index contributed by atoms with van der Waals surface area (Å²) in [6.07, 6.45) is 11.6. The number of unbranched alkanes of at least 4 members (excludes halogenated alkanes) is 1. The lowest BCUT2D eigenvalue weighted by Gasteiger charge is -2.57. The van der Waals surface area contributed by atoms with E-state index in [0.29, 0.717) is 29.3 Å². The van der Waals surface area contributed by atoms with Crippen LogP contribution in [0.1, 0.15) is 91.4 Å². The molecule has 0 amide bonds. The Hall–Kier alpha value is -0.920. The summed E-state index contributed by atoms with van der Waals surface area (Å²) in [6, 6.07) is 0. The highest BCUT2D eigenvalue weighted by Gasteiger charge is 2.59. The number of hydrogen-bond donors (Lipinski definition) is 0. The van der Waals surface area contributed by atoms with Gasteiger partial charge in [-0.2, -0.15) is 0 Å². The molecule has 3 saturated carbocycles. The molecule has 0 N–H and O–H groups in total. The van der Waals surface area contributed by atoms with Gasteiger partial charge < -0.3 is 0 Å². The van der Waals surface area contributed by atoms with Crippen LogP contribution >= 0.6 is 0 Å². The van der Waals surface area contributed by atoms with Gasteiger partial charge in [0.15, 0.2) is 5.78 Å². The second kappa shape index (κ2) is 6.06. The fourth-order valence-electron chi connectivity index (χ4n) is 7.24. The molecule has 138 valence electrons. The first-order valence-electron chi connectivity index (χ1n) is 10.7. The van der Waals surface area contributed by atoms with E-state index in [0.717, 1.165) is 57.8 Å². The van der Waals surface area contributed by atoms with Crippen molar-refractivity contribution in [3.63, 3.8) is 0 Å². The normalized spacial score (nSPS) is 43.7. The Balaban J connectivity index is 1.69. The van der Waals surface area contributed by atoms with E-state index in [1.807, 2.05) is 0 Å². The van der Waals surface area contributed by atoms with E-state index in [4.69, 9.17) is 0 Å². The third kappa shape index (κ3) is 2.42. The Labute approximate surface area is 152 Å². The first-order chi connectivity index (χ1) is 11.9. The molecule has 25 heavy (non-hydrogen) atoms. The van der Waals surface area contributed by atoms with Crippen LogP contribution in [0.15, 0.2) is 11.1 Å². The third-order valence-corrected chi connectivity index (χ3v) is 8.73. The summed E-state index contributed by atoms with van der Waals surface area (Å²) in [5.41, 5.74) is 2.94. The number of carbonyl (C=O) groups excluding carboxylic acids is 2. The molecule has 5 atom stereocenters. The molecular formula is C23H34O2. The van der Waals surface area contributed by atoms with Crippen LogP contribution in [-0.4, -0.2) is 11.6 Å². The Bertz CT molecular complexity index is 630. The van der Waals surface area contributed by atoms with Crippen LogP contribution in [0.2, 0.25) is 0 Å². The molecule has 0 aromatic rings. The van der Waals surface area contributed by atoms with Crippen LogP contribution in [-0.2, 0) is 9.59 Å². The minimum Gasteiger partial charge on any atom is -0.299 e. The van der Waals surface area contributed by atoms with Crippen LogP contribution in [0, 0.1) is 28.6 Å². The van der Waals surface area contributed by atoms with Gasteiger partial charge in [0, 0.05) is 18.3 Å². The summed E-state index contributed by atoms with van der Waals surface area (Å²) in [7, 11) is 0. The van der Waals surface area contributed by atoms with E-state index >= 15 is 0 Å². The lowest BCUT2D eigenvalue weighted by atomic mass is 9.47. The van der Waals surface area contributed by atoms with E-state index in [-0.39, 0.29) is 10.8 Å². The molecule has 0 saturated heterocycles. The van der Waals surface area contributed by atoms with Crippen molar-refractivity contribution in [2.75, 3.05) is 0 Å². The summed E-state index contributed by atoms with van der Waals surface area (Å²) in [5, 5.41) is 0. The average Bonchev–Trinajstić information content (AvgIpc) is 2.90. The lowest BCUT2D eigenvalue weighted by Crippen LogP contribution is -2.51. The second-order valence-corrected chi connectivity index (χ2v) is 9.73. The van der Waals surface area contributed by atoms with Crippen molar-refractivity contribution in [3.8, 4) is 0 Å². The highest BCUT2D eigenvalue weighted by molar-refractivity contribution is 5.97. The van der Waals surface area contributed by atoms with Gasteiger partial charge in [-0.05, 0) is 80.1 Å². The number of fused-ring (bicyclic) bond motifs is 5. The maximum Gasteiger partial charge on any atom is 0.158 e. The van der Waals surface area contributed by atoms with Gasteiger partial charge in [0.05, 0.1) is 0 Å². The van der Waals surface area contributed by atoms with Gasteiger partial charge in [0.2, 0.25) is 0 Å². The number of allylic oxidation sites excluding steroid dienone is 1. The molecule has 0 unspecified atom stereocenters. The fourth-order valence-corrected chi connectivity index (χ4v) is 7.24. The van der Waals surface area contributed by atoms with E-state index < -0.39 is 0 Å². The minimum absolute atomic E-state index is 0.0335. The number of hydrogen-bond acceptors (Lipinski definition) is 2. The number of ketones is 2. The molecule has 3 fully saturated rings. The van der Waals surface area contributed by atoms with Gasteiger partial charge in [0.25, 0.3) is 0 Å². The molecular weight excluding hydrogens is 308 g/mol. The monoisotopic (exact) mass is 342 g/mol. The van der Waals surface area contributed by atoms with Crippen molar-refractivity contribution in [3.05, 3.63) is 11.1 Å². The number of carbonyl (C=O) groups is 2. The molecule has 2 nitrogen and oxygen atoms in total. The van der Waals surface area contributed by atoms with Crippen molar-refractivity contribution in [1.29, 1.82) is 0 Å². The zero-order chi connectivity index (χ0) is 17.8. The molecule has 2 heteroatoms. The summed E-state index contributed by atoms with van der Waals surface area (Å²) in [4.78, 5) is 25.2. The van der Waals surface area contributed by atoms with Crippen molar-refractivity contribution < 1.29 is 9.59 Å². The number of rotatable bonds is 3. The van der Waals surface area contributed by atoms with Gasteiger partial charge in [-0.25, -0.2) is 0 Å². The number of Topliss-reactive ketones (excluding diaryl/α,β-unsaturated/α-hetero) is 2. The summed E-state index contributed by atoms with van der Waals surface area (Å²) >= 11 is 0. The first-order valence-corrected chi connectivity index (χ1v) is 10.7. The largest absolute Gasteiger partial charge is 0.299 e. The first kappa shape index (κ1) is 17.5. The smallest absolute Gasteiger partial charge is 0.158 e. The maximum absolute atomic E-state index is 12.6. The molecule has 4 aliphatic rings. The zero-order valence-electron chi connectivity index (χ0n) is 16.3. The Morgan fingerprint density at radius 1 is 0.920 bits per heavy atom. The molecule has 0 aromatic heterocycles. The molecule has 4 rings (SSSR count). The van der Waals surface area contributed by atoms with Gasteiger partial charge in [-0.15, -0.1) is 0 Å². The highest BCUT2D eigenvalue weighted by Crippen LogP contribution is 2.65. The molecule has 0 bridgehead atoms. The van der Waals surface area contributed by atoms with Crippen LogP contribution in [0.25, 0.3) is 0 Å².